The normalized spacial score (nSPS) is 10.7. The molecule has 6 heteroatoms. The van der Waals surface area contributed by atoms with E-state index < -0.39 is 0 Å². The number of halogens is 1. The number of hydrogen-bond donors (Lipinski definition) is 2. The predicted octanol–water partition coefficient (Wildman–Crippen LogP) is 5.20. The number of anilines is 4. The molecule has 0 saturated heterocycles. The Bertz CT molecular complexity index is 881. The molecule has 134 valence electrons. The molecule has 0 saturated carbocycles. The molecule has 0 radical (unpaired) electrons. The van der Waals surface area contributed by atoms with Gasteiger partial charge in [-0.1, -0.05) is 12.1 Å². The molecule has 1 aromatic heterocycles. The third-order valence-electron chi connectivity index (χ3n) is 3.47. The van der Waals surface area contributed by atoms with Gasteiger partial charge in [0.05, 0.1) is 11.8 Å². The first kappa shape index (κ1) is 17.7. The highest BCUT2D eigenvalue weighted by Crippen LogP contribution is 2.22. The molecule has 0 spiro atoms. The molecule has 2 aromatic carbocycles. The van der Waals surface area contributed by atoms with E-state index in [4.69, 9.17) is 4.74 Å². The van der Waals surface area contributed by atoms with Crippen molar-refractivity contribution < 1.29 is 9.13 Å². The number of aromatic nitrogens is 2. The number of ether oxygens (including phenoxy) is 1. The molecule has 1 heterocycles. The van der Waals surface area contributed by atoms with Gasteiger partial charge in [0.1, 0.15) is 17.4 Å². The van der Waals surface area contributed by atoms with Gasteiger partial charge in [-0.05, 0) is 57.2 Å². The molecular formula is C20H21FN4O. The molecule has 0 amide bonds. The van der Waals surface area contributed by atoms with Crippen LogP contribution < -0.4 is 15.4 Å². The third-order valence-corrected chi connectivity index (χ3v) is 3.47. The minimum Gasteiger partial charge on any atom is -0.491 e. The third kappa shape index (κ3) is 4.69. The zero-order valence-electron chi connectivity index (χ0n) is 15.0. The van der Waals surface area contributed by atoms with Gasteiger partial charge in [-0.3, -0.25) is 0 Å². The summed E-state index contributed by atoms with van der Waals surface area (Å²) in [5.74, 6) is 1.41. The smallest absolute Gasteiger partial charge is 0.229 e. The van der Waals surface area contributed by atoms with E-state index in [9.17, 15) is 4.39 Å². The van der Waals surface area contributed by atoms with Crippen LogP contribution in [0.4, 0.5) is 27.5 Å². The van der Waals surface area contributed by atoms with E-state index in [2.05, 4.69) is 20.6 Å². The first-order chi connectivity index (χ1) is 12.5. The van der Waals surface area contributed by atoms with Gasteiger partial charge in [0.25, 0.3) is 0 Å². The van der Waals surface area contributed by atoms with Gasteiger partial charge in [0.15, 0.2) is 0 Å². The molecule has 0 unspecified atom stereocenters. The number of rotatable bonds is 6. The fourth-order valence-electron chi connectivity index (χ4n) is 2.41. The summed E-state index contributed by atoms with van der Waals surface area (Å²) in [6.45, 7) is 5.83. The topological polar surface area (TPSA) is 59.1 Å². The van der Waals surface area contributed by atoms with Crippen LogP contribution in [0.25, 0.3) is 0 Å². The van der Waals surface area contributed by atoms with Crippen molar-refractivity contribution in [1.29, 1.82) is 0 Å². The Balaban J connectivity index is 1.76. The summed E-state index contributed by atoms with van der Waals surface area (Å²) in [6, 6.07) is 15.9. The molecule has 0 aliphatic carbocycles. The highest BCUT2D eigenvalue weighted by molar-refractivity contribution is 5.61. The van der Waals surface area contributed by atoms with E-state index in [1.165, 1.54) is 6.07 Å². The van der Waals surface area contributed by atoms with Crippen LogP contribution in [0.1, 0.15) is 19.5 Å². The fourth-order valence-corrected chi connectivity index (χ4v) is 2.41. The molecule has 0 bridgehead atoms. The maximum Gasteiger partial charge on any atom is 0.229 e. The van der Waals surface area contributed by atoms with Crippen molar-refractivity contribution in [1.82, 2.24) is 9.97 Å². The van der Waals surface area contributed by atoms with Crippen molar-refractivity contribution in [3.63, 3.8) is 0 Å². The standard InChI is InChI=1S/C20H21FN4O/c1-13(2)26-16-10-8-15(9-11-16)23-19-12-14(3)22-20(25-19)24-18-7-5-4-6-17(18)21/h4-13H,1-3H3,(H2,22,23,24,25). The molecule has 5 nitrogen and oxygen atoms in total. The van der Waals surface area contributed by atoms with Crippen molar-refractivity contribution >= 4 is 23.1 Å². The van der Waals surface area contributed by atoms with Crippen LogP contribution in [0.3, 0.4) is 0 Å². The predicted molar refractivity (Wildman–Crippen MR) is 102 cm³/mol. The molecule has 0 atom stereocenters. The average Bonchev–Trinajstić information content (AvgIpc) is 2.58. The van der Waals surface area contributed by atoms with Gasteiger partial charge in [-0.25, -0.2) is 9.37 Å². The van der Waals surface area contributed by atoms with Gasteiger partial charge < -0.3 is 15.4 Å². The second-order valence-corrected chi connectivity index (χ2v) is 6.14. The molecule has 3 rings (SSSR count). The Hall–Kier alpha value is -3.15. The van der Waals surface area contributed by atoms with E-state index >= 15 is 0 Å². The summed E-state index contributed by atoms with van der Waals surface area (Å²) < 4.78 is 19.4. The zero-order valence-corrected chi connectivity index (χ0v) is 15.0. The van der Waals surface area contributed by atoms with Crippen molar-refractivity contribution in [2.24, 2.45) is 0 Å². The summed E-state index contributed by atoms with van der Waals surface area (Å²) in [6.07, 6.45) is 0.130. The van der Waals surface area contributed by atoms with Gasteiger partial charge in [0.2, 0.25) is 5.95 Å². The monoisotopic (exact) mass is 352 g/mol. The van der Waals surface area contributed by atoms with Gasteiger partial charge in [0, 0.05) is 17.4 Å². The first-order valence-corrected chi connectivity index (χ1v) is 8.40. The lowest BCUT2D eigenvalue weighted by atomic mass is 10.3. The Labute approximate surface area is 152 Å². The minimum atomic E-state index is -0.354. The van der Waals surface area contributed by atoms with Gasteiger partial charge in [-0.15, -0.1) is 0 Å². The highest BCUT2D eigenvalue weighted by Gasteiger charge is 2.07. The van der Waals surface area contributed by atoms with Crippen LogP contribution in [0.5, 0.6) is 5.75 Å². The summed E-state index contributed by atoms with van der Waals surface area (Å²) in [5, 5.41) is 6.14. The zero-order chi connectivity index (χ0) is 18.5. The lowest BCUT2D eigenvalue weighted by Gasteiger charge is -2.12. The molecular weight excluding hydrogens is 331 g/mol. The molecule has 0 aliphatic heterocycles. The van der Waals surface area contributed by atoms with Crippen molar-refractivity contribution in [3.05, 3.63) is 66.1 Å². The SMILES string of the molecule is Cc1cc(Nc2ccc(OC(C)C)cc2)nc(Nc2ccccc2F)n1. The van der Waals surface area contributed by atoms with Crippen LogP contribution >= 0.6 is 0 Å². The molecule has 0 aliphatic rings. The van der Waals surface area contributed by atoms with Crippen LogP contribution in [-0.2, 0) is 0 Å². The van der Waals surface area contributed by atoms with E-state index in [0.717, 1.165) is 17.1 Å². The average molecular weight is 352 g/mol. The van der Waals surface area contributed by atoms with E-state index in [1.807, 2.05) is 51.1 Å². The Kier molecular flexibility index (Phi) is 5.31. The Morgan fingerprint density at radius 1 is 0.962 bits per heavy atom. The number of para-hydroxylation sites is 1. The van der Waals surface area contributed by atoms with E-state index in [-0.39, 0.29) is 11.9 Å². The van der Waals surface area contributed by atoms with Gasteiger partial charge >= 0.3 is 0 Å². The molecule has 0 fully saturated rings. The second kappa shape index (κ2) is 7.82. The number of benzene rings is 2. The lowest BCUT2D eigenvalue weighted by Crippen LogP contribution is -2.05. The van der Waals surface area contributed by atoms with Crippen molar-refractivity contribution in [2.75, 3.05) is 10.6 Å². The maximum absolute atomic E-state index is 13.8. The summed E-state index contributed by atoms with van der Waals surface area (Å²) in [7, 11) is 0. The molecule has 26 heavy (non-hydrogen) atoms. The number of nitrogens with zero attached hydrogens (tertiary/aromatic N) is 2. The van der Waals surface area contributed by atoms with Crippen LogP contribution in [0.2, 0.25) is 0 Å². The fraction of sp³-hybridized carbons (Fsp3) is 0.200. The van der Waals surface area contributed by atoms with Crippen molar-refractivity contribution in [2.45, 2.75) is 26.9 Å². The van der Waals surface area contributed by atoms with Crippen LogP contribution in [0.15, 0.2) is 54.6 Å². The van der Waals surface area contributed by atoms with Crippen molar-refractivity contribution in [3.8, 4) is 5.75 Å². The molecule has 3 aromatic rings. The maximum atomic E-state index is 13.8. The molecule has 2 N–H and O–H groups in total. The summed E-state index contributed by atoms with van der Waals surface area (Å²) >= 11 is 0. The lowest BCUT2D eigenvalue weighted by molar-refractivity contribution is 0.242. The Morgan fingerprint density at radius 3 is 2.38 bits per heavy atom. The number of hydrogen-bond acceptors (Lipinski definition) is 5. The van der Waals surface area contributed by atoms with Crippen LogP contribution in [0, 0.1) is 12.7 Å². The highest BCUT2D eigenvalue weighted by atomic mass is 19.1. The summed E-state index contributed by atoms with van der Waals surface area (Å²) in [5.41, 5.74) is 1.97. The van der Waals surface area contributed by atoms with E-state index in [0.29, 0.717) is 17.5 Å². The summed E-state index contributed by atoms with van der Waals surface area (Å²) in [4.78, 5) is 8.71. The number of aryl methyl sites for hydroxylation is 1. The van der Waals surface area contributed by atoms with Crippen LogP contribution in [-0.4, -0.2) is 16.1 Å². The van der Waals surface area contributed by atoms with Gasteiger partial charge in [-0.2, -0.15) is 4.98 Å². The number of nitrogens with one attached hydrogen (secondary N) is 2. The first-order valence-electron chi connectivity index (χ1n) is 8.40. The largest absolute Gasteiger partial charge is 0.491 e. The Morgan fingerprint density at radius 2 is 1.69 bits per heavy atom. The quantitative estimate of drug-likeness (QED) is 0.639. The van der Waals surface area contributed by atoms with E-state index in [1.54, 1.807) is 18.2 Å². The minimum absolute atomic E-state index is 0.130. The second-order valence-electron chi connectivity index (χ2n) is 6.14.